The SMILES string of the molecule is Cc1nc(-c2ccco2)ccc1C(=O)N1CCCN(c2nc3ccccc3[nH]2)CC1. The Kier molecular flexibility index (Phi) is 4.71. The van der Waals surface area contributed by atoms with Crippen LogP contribution in [0.2, 0.25) is 0 Å². The predicted molar refractivity (Wildman–Crippen MR) is 116 cm³/mol. The normalized spacial score (nSPS) is 14.8. The number of anilines is 1. The number of furan rings is 1. The Bertz CT molecular complexity index is 1150. The smallest absolute Gasteiger partial charge is 0.255 e. The van der Waals surface area contributed by atoms with Crippen LogP contribution >= 0.6 is 0 Å². The van der Waals surface area contributed by atoms with Crippen LogP contribution in [0.15, 0.2) is 59.2 Å². The average molecular weight is 401 g/mol. The molecule has 0 bridgehead atoms. The second-order valence-corrected chi connectivity index (χ2v) is 7.52. The third-order valence-corrected chi connectivity index (χ3v) is 5.55. The fraction of sp³-hybridized carbons (Fsp3) is 0.261. The van der Waals surface area contributed by atoms with E-state index in [1.807, 2.05) is 60.4 Å². The molecule has 1 aliphatic rings. The number of nitrogens with one attached hydrogen (secondary N) is 1. The van der Waals surface area contributed by atoms with Gasteiger partial charge in [-0.3, -0.25) is 4.79 Å². The molecule has 1 fully saturated rings. The molecule has 3 aromatic heterocycles. The first-order chi connectivity index (χ1) is 14.7. The fourth-order valence-corrected chi connectivity index (χ4v) is 3.94. The van der Waals surface area contributed by atoms with E-state index in [1.165, 1.54) is 0 Å². The second-order valence-electron chi connectivity index (χ2n) is 7.52. The Morgan fingerprint density at radius 3 is 2.70 bits per heavy atom. The highest BCUT2D eigenvalue weighted by molar-refractivity contribution is 5.95. The number of pyridine rings is 1. The summed E-state index contributed by atoms with van der Waals surface area (Å²) in [5.74, 6) is 1.59. The molecule has 0 saturated carbocycles. The molecule has 7 nitrogen and oxygen atoms in total. The first-order valence-corrected chi connectivity index (χ1v) is 10.2. The lowest BCUT2D eigenvalue weighted by Crippen LogP contribution is -2.35. The minimum absolute atomic E-state index is 0.0254. The van der Waals surface area contributed by atoms with Gasteiger partial charge in [0, 0.05) is 26.2 Å². The van der Waals surface area contributed by atoms with Crippen LogP contribution in [0.4, 0.5) is 5.95 Å². The molecule has 1 aliphatic heterocycles. The standard InChI is InChI=1S/C23H23N5O2/c1-16-17(9-10-20(24-16)21-8-4-15-30-21)22(29)27-11-5-12-28(14-13-27)23-25-18-6-2-3-7-19(18)26-23/h2-4,6-10,15H,5,11-14H2,1H3,(H,25,26). The number of carbonyl (C=O) groups excluding carboxylic acids is 1. The highest BCUT2D eigenvalue weighted by Crippen LogP contribution is 2.22. The molecule has 1 N–H and O–H groups in total. The largest absolute Gasteiger partial charge is 0.463 e. The van der Waals surface area contributed by atoms with Gasteiger partial charge in [-0.1, -0.05) is 12.1 Å². The number of hydrogen-bond acceptors (Lipinski definition) is 5. The zero-order valence-electron chi connectivity index (χ0n) is 16.8. The highest BCUT2D eigenvalue weighted by Gasteiger charge is 2.23. The minimum atomic E-state index is 0.0254. The Labute approximate surface area is 174 Å². The number of H-pyrrole nitrogens is 1. The molecule has 1 saturated heterocycles. The summed E-state index contributed by atoms with van der Waals surface area (Å²) in [4.78, 5) is 30.0. The number of aromatic amines is 1. The van der Waals surface area contributed by atoms with Crippen LogP contribution in [0.3, 0.4) is 0 Å². The Morgan fingerprint density at radius 2 is 1.90 bits per heavy atom. The number of benzene rings is 1. The molecule has 4 aromatic rings. The Hall–Kier alpha value is -3.61. The summed E-state index contributed by atoms with van der Waals surface area (Å²) in [5, 5.41) is 0. The van der Waals surface area contributed by atoms with E-state index in [2.05, 4.69) is 14.9 Å². The molecule has 1 amide bonds. The van der Waals surface area contributed by atoms with Gasteiger partial charge in [0.25, 0.3) is 5.91 Å². The van der Waals surface area contributed by atoms with Gasteiger partial charge in [0.15, 0.2) is 5.76 Å². The molecule has 5 rings (SSSR count). The van der Waals surface area contributed by atoms with E-state index >= 15 is 0 Å². The van der Waals surface area contributed by atoms with E-state index < -0.39 is 0 Å². The number of amides is 1. The monoisotopic (exact) mass is 401 g/mol. The molecule has 0 radical (unpaired) electrons. The van der Waals surface area contributed by atoms with Gasteiger partial charge in [0.1, 0.15) is 5.69 Å². The highest BCUT2D eigenvalue weighted by atomic mass is 16.3. The van der Waals surface area contributed by atoms with E-state index in [4.69, 9.17) is 9.40 Å². The number of nitrogens with zero attached hydrogens (tertiary/aromatic N) is 4. The van der Waals surface area contributed by atoms with Crippen LogP contribution in [-0.4, -0.2) is 51.9 Å². The number of aryl methyl sites for hydroxylation is 1. The lowest BCUT2D eigenvalue weighted by molar-refractivity contribution is 0.0766. The van der Waals surface area contributed by atoms with E-state index in [0.29, 0.717) is 23.6 Å². The van der Waals surface area contributed by atoms with Crippen molar-refractivity contribution in [3.8, 4) is 11.5 Å². The summed E-state index contributed by atoms with van der Waals surface area (Å²) in [5.41, 5.74) is 4.09. The molecule has 152 valence electrons. The van der Waals surface area contributed by atoms with Gasteiger partial charge in [-0.05, 0) is 49.7 Å². The van der Waals surface area contributed by atoms with Gasteiger partial charge in [-0.15, -0.1) is 0 Å². The maximum Gasteiger partial charge on any atom is 0.255 e. The molecule has 4 heterocycles. The molecular weight excluding hydrogens is 378 g/mol. The molecule has 0 unspecified atom stereocenters. The van der Waals surface area contributed by atoms with Crippen LogP contribution in [0.5, 0.6) is 0 Å². The summed E-state index contributed by atoms with van der Waals surface area (Å²) in [7, 11) is 0. The predicted octanol–water partition coefficient (Wildman–Crippen LogP) is 3.88. The van der Waals surface area contributed by atoms with Crippen LogP contribution in [0.25, 0.3) is 22.5 Å². The summed E-state index contributed by atoms with van der Waals surface area (Å²) in [6.07, 6.45) is 2.51. The summed E-state index contributed by atoms with van der Waals surface area (Å²) in [6, 6.07) is 15.4. The molecular formula is C23H23N5O2. The van der Waals surface area contributed by atoms with Crippen molar-refractivity contribution in [2.24, 2.45) is 0 Å². The van der Waals surface area contributed by atoms with Crippen LogP contribution in [-0.2, 0) is 0 Å². The minimum Gasteiger partial charge on any atom is -0.463 e. The fourth-order valence-electron chi connectivity index (χ4n) is 3.94. The number of carbonyl (C=O) groups is 1. The van der Waals surface area contributed by atoms with Gasteiger partial charge in [0.05, 0.1) is 28.6 Å². The van der Waals surface area contributed by atoms with E-state index in [9.17, 15) is 4.79 Å². The van der Waals surface area contributed by atoms with Crippen molar-refractivity contribution in [3.63, 3.8) is 0 Å². The third-order valence-electron chi connectivity index (χ3n) is 5.55. The Balaban J connectivity index is 1.31. The topological polar surface area (TPSA) is 78.3 Å². The van der Waals surface area contributed by atoms with Crippen LogP contribution in [0.1, 0.15) is 22.5 Å². The number of fused-ring (bicyclic) bond motifs is 1. The zero-order chi connectivity index (χ0) is 20.5. The van der Waals surface area contributed by atoms with Gasteiger partial charge >= 0.3 is 0 Å². The molecule has 1 aromatic carbocycles. The van der Waals surface area contributed by atoms with E-state index in [0.717, 1.165) is 48.7 Å². The van der Waals surface area contributed by atoms with Crippen molar-refractivity contribution in [1.29, 1.82) is 0 Å². The van der Waals surface area contributed by atoms with Crippen LogP contribution < -0.4 is 4.90 Å². The lowest BCUT2D eigenvalue weighted by Gasteiger charge is -2.22. The van der Waals surface area contributed by atoms with E-state index in [1.54, 1.807) is 6.26 Å². The number of aromatic nitrogens is 3. The van der Waals surface area contributed by atoms with Crippen molar-refractivity contribution in [2.75, 3.05) is 31.1 Å². The van der Waals surface area contributed by atoms with Crippen molar-refractivity contribution < 1.29 is 9.21 Å². The first kappa shape index (κ1) is 18.4. The second kappa shape index (κ2) is 7.67. The zero-order valence-corrected chi connectivity index (χ0v) is 16.8. The van der Waals surface area contributed by atoms with Crippen molar-refractivity contribution in [1.82, 2.24) is 19.9 Å². The molecule has 0 spiro atoms. The molecule has 0 aliphatic carbocycles. The third kappa shape index (κ3) is 3.43. The number of imidazole rings is 1. The van der Waals surface area contributed by atoms with Crippen molar-refractivity contribution >= 4 is 22.9 Å². The summed E-state index contributed by atoms with van der Waals surface area (Å²) < 4.78 is 5.41. The molecule has 30 heavy (non-hydrogen) atoms. The molecule has 7 heteroatoms. The average Bonchev–Trinajstić information content (AvgIpc) is 3.38. The number of para-hydroxylation sites is 2. The van der Waals surface area contributed by atoms with Gasteiger partial charge in [-0.25, -0.2) is 9.97 Å². The van der Waals surface area contributed by atoms with Crippen LogP contribution in [0, 0.1) is 6.92 Å². The maximum absolute atomic E-state index is 13.2. The van der Waals surface area contributed by atoms with Crippen molar-refractivity contribution in [2.45, 2.75) is 13.3 Å². The molecule has 0 atom stereocenters. The van der Waals surface area contributed by atoms with Gasteiger partial charge in [-0.2, -0.15) is 0 Å². The van der Waals surface area contributed by atoms with E-state index in [-0.39, 0.29) is 5.91 Å². The van der Waals surface area contributed by atoms with Gasteiger partial charge < -0.3 is 19.2 Å². The number of rotatable bonds is 3. The Morgan fingerprint density at radius 1 is 1.00 bits per heavy atom. The maximum atomic E-state index is 13.2. The van der Waals surface area contributed by atoms with Gasteiger partial charge in [0.2, 0.25) is 5.95 Å². The summed E-state index contributed by atoms with van der Waals surface area (Å²) >= 11 is 0. The number of hydrogen-bond donors (Lipinski definition) is 1. The summed E-state index contributed by atoms with van der Waals surface area (Å²) in [6.45, 7) is 4.84. The first-order valence-electron chi connectivity index (χ1n) is 10.2. The lowest BCUT2D eigenvalue weighted by atomic mass is 10.1. The quantitative estimate of drug-likeness (QED) is 0.564. The van der Waals surface area contributed by atoms with Crippen molar-refractivity contribution in [3.05, 3.63) is 66.1 Å².